The zero-order valence-corrected chi connectivity index (χ0v) is 15.4. The molecule has 2 aromatic rings. The molecule has 1 aromatic heterocycles. The van der Waals surface area contributed by atoms with Gasteiger partial charge in [0.1, 0.15) is 4.88 Å². The molecule has 0 bridgehead atoms. The molecule has 0 atom stereocenters. The largest absolute Gasteiger partial charge is 0.451 e. The van der Waals surface area contributed by atoms with Crippen LogP contribution >= 0.6 is 11.3 Å². The first-order valence-corrected chi connectivity index (χ1v) is 8.86. The van der Waals surface area contributed by atoms with Crippen molar-refractivity contribution in [3.63, 3.8) is 0 Å². The minimum absolute atomic E-state index is 0.285. The summed E-state index contributed by atoms with van der Waals surface area (Å²) >= 11 is 1.42. The standard InChI is InChI=1S/C19H23NO3S/c1-5-7-15-10-16(24-14(15)4)19(22)23-11-17(21)20-18-12(2)8-6-9-13(18)3/h6,8-10H,5,7,11H2,1-4H3,(H,20,21). The minimum atomic E-state index is -0.442. The minimum Gasteiger partial charge on any atom is -0.451 e. The second-order valence-electron chi connectivity index (χ2n) is 5.83. The maximum atomic E-state index is 12.1. The Balaban J connectivity index is 1.94. The van der Waals surface area contributed by atoms with E-state index in [1.54, 1.807) is 0 Å². The van der Waals surface area contributed by atoms with Crippen molar-refractivity contribution < 1.29 is 14.3 Å². The third-order valence-corrected chi connectivity index (χ3v) is 4.89. The lowest BCUT2D eigenvalue weighted by atomic mass is 10.1. The van der Waals surface area contributed by atoms with Crippen molar-refractivity contribution in [2.24, 2.45) is 0 Å². The molecular weight excluding hydrogens is 322 g/mol. The van der Waals surface area contributed by atoms with Crippen molar-refractivity contribution in [3.8, 4) is 0 Å². The Morgan fingerprint density at radius 2 is 1.83 bits per heavy atom. The lowest BCUT2D eigenvalue weighted by molar-refractivity contribution is -0.119. The molecule has 0 radical (unpaired) electrons. The van der Waals surface area contributed by atoms with Crippen LogP contribution in [0, 0.1) is 20.8 Å². The number of thiophene rings is 1. The normalized spacial score (nSPS) is 10.5. The molecule has 0 unspecified atom stereocenters. The van der Waals surface area contributed by atoms with Gasteiger partial charge in [-0.3, -0.25) is 4.79 Å². The van der Waals surface area contributed by atoms with Crippen molar-refractivity contribution >= 4 is 28.9 Å². The van der Waals surface area contributed by atoms with Crippen molar-refractivity contribution in [2.45, 2.75) is 40.5 Å². The quantitative estimate of drug-likeness (QED) is 0.789. The summed E-state index contributed by atoms with van der Waals surface area (Å²) in [5, 5.41) is 2.81. The highest BCUT2D eigenvalue weighted by Crippen LogP contribution is 2.23. The lowest BCUT2D eigenvalue weighted by Crippen LogP contribution is -2.21. The first-order valence-electron chi connectivity index (χ1n) is 8.04. The number of ether oxygens (including phenoxy) is 1. The summed E-state index contributed by atoms with van der Waals surface area (Å²) in [6.45, 7) is 7.68. The number of carbonyl (C=O) groups excluding carboxylic acids is 2. The SMILES string of the molecule is CCCc1cc(C(=O)OCC(=O)Nc2c(C)cccc2C)sc1C. The summed E-state index contributed by atoms with van der Waals surface area (Å²) in [7, 11) is 0. The van der Waals surface area contributed by atoms with Gasteiger partial charge in [0, 0.05) is 10.6 Å². The van der Waals surface area contributed by atoms with Crippen LogP contribution in [0.5, 0.6) is 0 Å². The third-order valence-electron chi connectivity index (χ3n) is 3.82. The number of aryl methyl sites for hydroxylation is 4. The van der Waals surface area contributed by atoms with Crippen LogP contribution in [0.15, 0.2) is 24.3 Å². The fourth-order valence-electron chi connectivity index (χ4n) is 2.53. The van der Waals surface area contributed by atoms with Gasteiger partial charge in [0.05, 0.1) is 0 Å². The van der Waals surface area contributed by atoms with Crippen LogP contribution in [0.1, 0.15) is 44.6 Å². The first-order chi connectivity index (χ1) is 11.4. The van der Waals surface area contributed by atoms with E-state index in [0.29, 0.717) is 4.88 Å². The zero-order chi connectivity index (χ0) is 17.7. The number of rotatable bonds is 6. The van der Waals surface area contributed by atoms with Crippen LogP contribution in [-0.2, 0) is 16.0 Å². The summed E-state index contributed by atoms with van der Waals surface area (Å²) < 4.78 is 5.15. The van der Waals surface area contributed by atoms with Crippen LogP contribution < -0.4 is 5.32 Å². The molecule has 24 heavy (non-hydrogen) atoms. The molecule has 0 fully saturated rings. The van der Waals surface area contributed by atoms with Gasteiger partial charge in [-0.2, -0.15) is 0 Å². The molecule has 0 aliphatic carbocycles. The van der Waals surface area contributed by atoms with Crippen molar-refractivity contribution in [2.75, 3.05) is 11.9 Å². The highest BCUT2D eigenvalue weighted by molar-refractivity contribution is 7.14. The number of amides is 1. The van der Waals surface area contributed by atoms with Crippen LogP contribution in [0.4, 0.5) is 5.69 Å². The van der Waals surface area contributed by atoms with Gasteiger partial charge in [-0.25, -0.2) is 4.79 Å². The molecule has 0 spiro atoms. The molecule has 0 aliphatic rings. The Kier molecular flexibility index (Phi) is 6.15. The third kappa shape index (κ3) is 4.45. The maximum Gasteiger partial charge on any atom is 0.348 e. The fourth-order valence-corrected chi connectivity index (χ4v) is 3.49. The molecule has 1 N–H and O–H groups in total. The number of hydrogen-bond acceptors (Lipinski definition) is 4. The molecule has 2 rings (SSSR count). The molecule has 1 heterocycles. The Bertz CT molecular complexity index is 729. The summed E-state index contributed by atoms with van der Waals surface area (Å²) in [6, 6.07) is 7.67. The van der Waals surface area contributed by atoms with Crippen LogP contribution in [-0.4, -0.2) is 18.5 Å². The molecule has 0 saturated heterocycles. The number of benzene rings is 1. The predicted octanol–water partition coefficient (Wildman–Crippen LogP) is 4.42. The van der Waals surface area contributed by atoms with E-state index in [4.69, 9.17) is 4.74 Å². The molecule has 0 saturated carbocycles. The van der Waals surface area contributed by atoms with Crippen molar-refractivity contribution in [3.05, 3.63) is 50.7 Å². The molecule has 4 nitrogen and oxygen atoms in total. The molecule has 5 heteroatoms. The second-order valence-corrected chi connectivity index (χ2v) is 7.09. The fraction of sp³-hybridized carbons (Fsp3) is 0.368. The summed E-state index contributed by atoms with van der Waals surface area (Å²) in [5.74, 6) is -0.773. The van der Waals surface area contributed by atoms with E-state index >= 15 is 0 Å². The number of esters is 1. The van der Waals surface area contributed by atoms with Gasteiger partial charge in [0.15, 0.2) is 6.61 Å². The molecule has 1 amide bonds. The number of anilines is 1. The number of hydrogen-bond donors (Lipinski definition) is 1. The van der Waals surface area contributed by atoms with Gasteiger partial charge >= 0.3 is 5.97 Å². The molecule has 0 aliphatic heterocycles. The van der Waals surface area contributed by atoms with Gasteiger partial charge in [-0.15, -0.1) is 11.3 Å². The van der Waals surface area contributed by atoms with Crippen LogP contribution in [0.25, 0.3) is 0 Å². The number of para-hydroxylation sites is 1. The first kappa shape index (κ1) is 18.2. The summed E-state index contributed by atoms with van der Waals surface area (Å²) in [5.41, 5.74) is 3.91. The van der Waals surface area contributed by atoms with Gasteiger partial charge in [-0.05, 0) is 49.9 Å². The average Bonchev–Trinajstić information content (AvgIpc) is 2.90. The van der Waals surface area contributed by atoms with Crippen molar-refractivity contribution in [1.82, 2.24) is 0 Å². The van der Waals surface area contributed by atoms with E-state index in [1.807, 2.05) is 45.0 Å². The lowest BCUT2D eigenvalue weighted by Gasteiger charge is -2.11. The van der Waals surface area contributed by atoms with E-state index in [0.717, 1.165) is 34.5 Å². The Morgan fingerprint density at radius 1 is 1.17 bits per heavy atom. The van der Waals surface area contributed by atoms with E-state index in [1.165, 1.54) is 16.9 Å². The molecule has 128 valence electrons. The Hall–Kier alpha value is -2.14. The summed E-state index contributed by atoms with van der Waals surface area (Å²) in [6.07, 6.45) is 1.98. The summed E-state index contributed by atoms with van der Waals surface area (Å²) in [4.78, 5) is 25.8. The number of nitrogens with one attached hydrogen (secondary N) is 1. The monoisotopic (exact) mass is 345 g/mol. The predicted molar refractivity (Wildman–Crippen MR) is 97.9 cm³/mol. The van der Waals surface area contributed by atoms with Crippen LogP contribution in [0.3, 0.4) is 0 Å². The van der Waals surface area contributed by atoms with Gasteiger partial charge in [-0.1, -0.05) is 31.5 Å². The van der Waals surface area contributed by atoms with Gasteiger partial charge < -0.3 is 10.1 Å². The maximum absolute atomic E-state index is 12.1. The van der Waals surface area contributed by atoms with E-state index in [9.17, 15) is 9.59 Å². The Labute approximate surface area is 146 Å². The van der Waals surface area contributed by atoms with E-state index in [2.05, 4.69) is 12.2 Å². The highest BCUT2D eigenvalue weighted by atomic mass is 32.1. The number of carbonyl (C=O) groups is 2. The van der Waals surface area contributed by atoms with Gasteiger partial charge in [0.2, 0.25) is 0 Å². The van der Waals surface area contributed by atoms with Crippen molar-refractivity contribution in [1.29, 1.82) is 0 Å². The molecule has 1 aromatic carbocycles. The second kappa shape index (κ2) is 8.11. The van der Waals surface area contributed by atoms with E-state index in [-0.39, 0.29) is 12.5 Å². The van der Waals surface area contributed by atoms with Crippen LogP contribution in [0.2, 0.25) is 0 Å². The average molecular weight is 345 g/mol. The Morgan fingerprint density at radius 3 is 2.46 bits per heavy atom. The molecular formula is C19H23NO3S. The smallest absolute Gasteiger partial charge is 0.348 e. The van der Waals surface area contributed by atoms with E-state index < -0.39 is 5.97 Å². The zero-order valence-electron chi connectivity index (χ0n) is 14.6. The highest BCUT2D eigenvalue weighted by Gasteiger charge is 2.15. The van der Waals surface area contributed by atoms with Gasteiger partial charge in [0.25, 0.3) is 5.91 Å². The topological polar surface area (TPSA) is 55.4 Å².